The van der Waals surface area contributed by atoms with E-state index < -0.39 is 0 Å². The third-order valence-electron chi connectivity index (χ3n) is 2.14. The van der Waals surface area contributed by atoms with Crippen LogP contribution in [0, 0.1) is 5.82 Å². The van der Waals surface area contributed by atoms with E-state index in [-0.39, 0.29) is 5.82 Å². The van der Waals surface area contributed by atoms with Gasteiger partial charge in [-0.3, -0.25) is 4.68 Å². The number of hydrogen-bond acceptors (Lipinski definition) is 3. The van der Waals surface area contributed by atoms with Gasteiger partial charge in [0.1, 0.15) is 24.0 Å². The summed E-state index contributed by atoms with van der Waals surface area (Å²) in [6, 6.07) is 6.24. The number of hydrogen-bond donors (Lipinski definition) is 1. The van der Waals surface area contributed by atoms with Crippen molar-refractivity contribution in [2.75, 3.05) is 12.3 Å². The SMILES string of the molecule is Nc1ccn(CCOc2ccc(F)c(Br)c2)n1. The largest absolute Gasteiger partial charge is 0.492 e. The molecule has 4 nitrogen and oxygen atoms in total. The van der Waals surface area contributed by atoms with E-state index in [1.807, 2.05) is 0 Å². The normalized spacial score (nSPS) is 10.5. The monoisotopic (exact) mass is 299 g/mol. The lowest BCUT2D eigenvalue weighted by Gasteiger charge is -2.06. The molecule has 0 aliphatic heterocycles. The zero-order valence-electron chi connectivity index (χ0n) is 8.94. The molecule has 0 aliphatic carbocycles. The van der Waals surface area contributed by atoms with Crippen molar-refractivity contribution in [1.82, 2.24) is 9.78 Å². The maximum absolute atomic E-state index is 13.0. The van der Waals surface area contributed by atoms with Crippen molar-refractivity contribution in [2.45, 2.75) is 6.54 Å². The number of nitrogen functional groups attached to an aromatic ring is 1. The number of anilines is 1. The molecular formula is C11H11BrFN3O. The van der Waals surface area contributed by atoms with Crippen LogP contribution in [0.4, 0.5) is 10.2 Å². The Hall–Kier alpha value is -1.56. The second kappa shape index (κ2) is 5.18. The van der Waals surface area contributed by atoms with Gasteiger partial charge in [0.15, 0.2) is 0 Å². The summed E-state index contributed by atoms with van der Waals surface area (Å²) in [5.74, 6) is 0.783. The van der Waals surface area contributed by atoms with Gasteiger partial charge in [0.05, 0.1) is 11.0 Å². The number of rotatable bonds is 4. The smallest absolute Gasteiger partial charge is 0.145 e. The van der Waals surface area contributed by atoms with Gasteiger partial charge in [0.25, 0.3) is 0 Å². The van der Waals surface area contributed by atoms with Crippen molar-refractivity contribution >= 4 is 21.7 Å². The Labute approximate surface area is 106 Å². The van der Waals surface area contributed by atoms with Gasteiger partial charge in [0.2, 0.25) is 0 Å². The predicted molar refractivity (Wildman–Crippen MR) is 66.2 cm³/mol. The molecule has 0 atom stereocenters. The third kappa shape index (κ3) is 3.20. The Morgan fingerprint density at radius 1 is 1.41 bits per heavy atom. The topological polar surface area (TPSA) is 53.1 Å². The molecule has 2 aromatic rings. The van der Waals surface area contributed by atoms with Gasteiger partial charge in [-0.1, -0.05) is 0 Å². The van der Waals surface area contributed by atoms with Crippen LogP contribution in [0.5, 0.6) is 5.75 Å². The molecule has 0 aliphatic rings. The molecule has 0 fully saturated rings. The fourth-order valence-electron chi connectivity index (χ4n) is 1.33. The minimum Gasteiger partial charge on any atom is -0.492 e. The number of benzene rings is 1. The van der Waals surface area contributed by atoms with Gasteiger partial charge in [-0.2, -0.15) is 5.10 Å². The molecule has 2 N–H and O–H groups in total. The molecule has 90 valence electrons. The van der Waals surface area contributed by atoms with Crippen LogP contribution in [0.3, 0.4) is 0 Å². The van der Waals surface area contributed by atoms with Crippen LogP contribution in [0.1, 0.15) is 0 Å². The first-order valence-electron chi connectivity index (χ1n) is 5.02. The van der Waals surface area contributed by atoms with E-state index in [1.165, 1.54) is 6.07 Å². The molecule has 0 amide bonds. The van der Waals surface area contributed by atoms with Crippen molar-refractivity contribution in [2.24, 2.45) is 0 Å². The van der Waals surface area contributed by atoms with Crippen LogP contribution in [0.2, 0.25) is 0 Å². The van der Waals surface area contributed by atoms with E-state index in [0.717, 1.165) is 0 Å². The van der Waals surface area contributed by atoms with Crippen LogP contribution in [-0.4, -0.2) is 16.4 Å². The Morgan fingerprint density at radius 2 is 2.24 bits per heavy atom. The molecule has 0 spiro atoms. The maximum Gasteiger partial charge on any atom is 0.145 e. The van der Waals surface area contributed by atoms with Crippen LogP contribution >= 0.6 is 15.9 Å². The highest BCUT2D eigenvalue weighted by Crippen LogP contribution is 2.21. The first-order valence-corrected chi connectivity index (χ1v) is 5.81. The number of ether oxygens (including phenoxy) is 1. The average Bonchev–Trinajstić information content (AvgIpc) is 2.70. The lowest BCUT2D eigenvalue weighted by atomic mass is 10.3. The van der Waals surface area contributed by atoms with Gasteiger partial charge >= 0.3 is 0 Å². The number of nitrogens with zero attached hydrogens (tertiary/aromatic N) is 2. The highest BCUT2D eigenvalue weighted by molar-refractivity contribution is 9.10. The van der Waals surface area contributed by atoms with Crippen molar-refractivity contribution in [3.05, 3.63) is 40.8 Å². The standard InChI is InChI=1S/C11H11BrFN3O/c12-9-7-8(1-2-10(9)13)17-6-5-16-4-3-11(14)15-16/h1-4,7H,5-6H2,(H2,14,15). The van der Waals surface area contributed by atoms with Crippen molar-refractivity contribution in [3.63, 3.8) is 0 Å². The molecule has 1 aromatic carbocycles. The van der Waals surface area contributed by atoms with Crippen LogP contribution in [-0.2, 0) is 6.54 Å². The number of halogens is 2. The molecule has 0 saturated carbocycles. The average molecular weight is 300 g/mol. The first kappa shape index (κ1) is 11.9. The van der Waals surface area contributed by atoms with E-state index in [4.69, 9.17) is 10.5 Å². The summed E-state index contributed by atoms with van der Waals surface area (Å²) in [4.78, 5) is 0. The summed E-state index contributed by atoms with van der Waals surface area (Å²) >= 11 is 3.10. The molecule has 1 heterocycles. The van der Waals surface area contributed by atoms with Crippen molar-refractivity contribution in [3.8, 4) is 5.75 Å². The molecular weight excluding hydrogens is 289 g/mol. The van der Waals surface area contributed by atoms with Gasteiger partial charge in [-0.05, 0) is 40.2 Å². The molecule has 0 unspecified atom stereocenters. The van der Waals surface area contributed by atoms with E-state index in [9.17, 15) is 4.39 Å². The third-order valence-corrected chi connectivity index (χ3v) is 2.75. The maximum atomic E-state index is 13.0. The van der Waals surface area contributed by atoms with Crippen molar-refractivity contribution < 1.29 is 9.13 Å². The fraction of sp³-hybridized carbons (Fsp3) is 0.182. The second-order valence-electron chi connectivity index (χ2n) is 3.43. The van der Waals surface area contributed by atoms with Gasteiger partial charge < -0.3 is 10.5 Å². The summed E-state index contributed by atoms with van der Waals surface area (Å²) in [5.41, 5.74) is 5.48. The Kier molecular flexibility index (Phi) is 3.63. The molecule has 17 heavy (non-hydrogen) atoms. The minimum absolute atomic E-state index is 0.308. The molecule has 0 radical (unpaired) electrons. The van der Waals surface area contributed by atoms with Crippen LogP contribution in [0.15, 0.2) is 34.9 Å². The van der Waals surface area contributed by atoms with Gasteiger partial charge in [-0.25, -0.2) is 4.39 Å². The summed E-state index contributed by atoms with van der Waals surface area (Å²) in [6.45, 7) is 1.03. The zero-order valence-corrected chi connectivity index (χ0v) is 10.5. The Bertz CT molecular complexity index is 515. The van der Waals surface area contributed by atoms with Gasteiger partial charge in [-0.15, -0.1) is 0 Å². The summed E-state index contributed by atoms with van der Waals surface area (Å²) in [7, 11) is 0. The number of aromatic nitrogens is 2. The van der Waals surface area contributed by atoms with E-state index in [1.54, 1.807) is 29.1 Å². The quantitative estimate of drug-likeness (QED) is 0.943. The predicted octanol–water partition coefficient (Wildman–Crippen LogP) is 2.45. The van der Waals surface area contributed by atoms with Crippen LogP contribution < -0.4 is 10.5 Å². The highest BCUT2D eigenvalue weighted by Gasteiger charge is 2.01. The van der Waals surface area contributed by atoms with E-state index >= 15 is 0 Å². The molecule has 1 aromatic heterocycles. The highest BCUT2D eigenvalue weighted by atomic mass is 79.9. The summed E-state index contributed by atoms with van der Waals surface area (Å²) in [5, 5.41) is 4.02. The van der Waals surface area contributed by atoms with Gasteiger partial charge in [0, 0.05) is 6.20 Å². The second-order valence-corrected chi connectivity index (χ2v) is 4.28. The molecule has 2 rings (SSSR count). The fourth-order valence-corrected chi connectivity index (χ4v) is 1.68. The minimum atomic E-state index is -0.308. The molecule has 0 saturated heterocycles. The van der Waals surface area contributed by atoms with Crippen LogP contribution in [0.25, 0.3) is 0 Å². The lowest BCUT2D eigenvalue weighted by molar-refractivity contribution is 0.291. The Morgan fingerprint density at radius 3 is 2.88 bits per heavy atom. The molecule has 6 heteroatoms. The first-order chi connectivity index (χ1) is 8.15. The van der Waals surface area contributed by atoms with E-state index in [0.29, 0.717) is 29.2 Å². The lowest BCUT2D eigenvalue weighted by Crippen LogP contribution is -2.09. The Balaban J connectivity index is 1.87. The number of nitrogens with two attached hydrogens (primary N) is 1. The summed E-state index contributed by atoms with van der Waals surface area (Å²) in [6.07, 6.45) is 1.78. The van der Waals surface area contributed by atoms with E-state index in [2.05, 4.69) is 21.0 Å². The summed E-state index contributed by atoms with van der Waals surface area (Å²) < 4.78 is 20.5. The van der Waals surface area contributed by atoms with Crippen molar-refractivity contribution in [1.29, 1.82) is 0 Å². The zero-order chi connectivity index (χ0) is 12.3. The molecule has 0 bridgehead atoms.